The quantitative estimate of drug-likeness (QED) is 0.637. The Morgan fingerprint density at radius 2 is 1.74 bits per heavy atom. The molecule has 4 rings (SSSR count). The molecule has 3 aromatic rings. The van der Waals surface area contributed by atoms with E-state index in [0.29, 0.717) is 31.5 Å². The number of amides is 1. The molecule has 0 unspecified atom stereocenters. The number of aromatic amines is 1. The van der Waals surface area contributed by atoms with Crippen LogP contribution in [0.3, 0.4) is 0 Å². The number of ether oxygens (including phenoxy) is 2. The van der Waals surface area contributed by atoms with Crippen LogP contribution in [0.5, 0.6) is 5.75 Å². The molecule has 0 spiro atoms. The number of aromatic nitrogens is 2. The van der Waals surface area contributed by atoms with E-state index in [1.165, 1.54) is 7.11 Å². The Hall–Kier alpha value is -3.61. The van der Waals surface area contributed by atoms with Crippen molar-refractivity contribution in [3.8, 4) is 28.3 Å². The molecule has 1 aromatic heterocycles. The highest BCUT2D eigenvalue weighted by atomic mass is 16.5. The molecule has 0 radical (unpaired) electrons. The molecule has 2 heterocycles. The van der Waals surface area contributed by atoms with Gasteiger partial charge in [0.25, 0.3) is 5.91 Å². The molecule has 160 valence electrons. The number of likely N-dealkylation sites (tertiary alicyclic amines) is 1. The van der Waals surface area contributed by atoms with Crippen molar-refractivity contribution < 1.29 is 19.1 Å². The SMILES string of the molecule is COC(=O)C1CCN(C(=O)c2ccc(-c3cc(-c4cccc(OC)c4)n[nH]3)cc2)CC1. The minimum atomic E-state index is -0.190. The van der Waals surface area contributed by atoms with Crippen molar-refractivity contribution in [1.29, 1.82) is 0 Å². The maximum Gasteiger partial charge on any atom is 0.308 e. The minimum Gasteiger partial charge on any atom is -0.497 e. The Labute approximate surface area is 181 Å². The van der Waals surface area contributed by atoms with Gasteiger partial charge >= 0.3 is 5.97 Å². The molecule has 0 bridgehead atoms. The summed E-state index contributed by atoms with van der Waals surface area (Å²) < 4.78 is 10.1. The molecule has 0 saturated carbocycles. The second kappa shape index (κ2) is 9.04. The Kier molecular flexibility index (Phi) is 6.02. The second-order valence-electron chi connectivity index (χ2n) is 7.57. The molecule has 1 saturated heterocycles. The van der Waals surface area contributed by atoms with E-state index in [0.717, 1.165) is 28.3 Å². The zero-order valence-corrected chi connectivity index (χ0v) is 17.6. The lowest BCUT2D eigenvalue weighted by Crippen LogP contribution is -2.40. The van der Waals surface area contributed by atoms with Crippen molar-refractivity contribution in [2.24, 2.45) is 5.92 Å². The maximum absolute atomic E-state index is 12.8. The van der Waals surface area contributed by atoms with Crippen molar-refractivity contribution in [2.45, 2.75) is 12.8 Å². The van der Waals surface area contributed by atoms with Crippen LogP contribution in [0.4, 0.5) is 0 Å². The number of methoxy groups -OCH3 is 2. The average Bonchev–Trinajstić information content (AvgIpc) is 3.34. The molecule has 1 N–H and O–H groups in total. The summed E-state index contributed by atoms with van der Waals surface area (Å²) in [5.74, 6) is 0.456. The lowest BCUT2D eigenvalue weighted by molar-refractivity contribution is -0.146. The first kappa shape index (κ1) is 20.7. The van der Waals surface area contributed by atoms with Crippen LogP contribution in [-0.2, 0) is 9.53 Å². The number of nitrogens with one attached hydrogen (secondary N) is 1. The van der Waals surface area contributed by atoms with Gasteiger partial charge in [0.2, 0.25) is 0 Å². The van der Waals surface area contributed by atoms with Gasteiger partial charge in [0, 0.05) is 24.2 Å². The average molecular weight is 419 g/mol. The molecule has 1 aliphatic rings. The highest BCUT2D eigenvalue weighted by molar-refractivity contribution is 5.95. The number of nitrogens with zero attached hydrogens (tertiary/aromatic N) is 2. The van der Waals surface area contributed by atoms with Crippen LogP contribution in [0.2, 0.25) is 0 Å². The number of rotatable bonds is 5. The van der Waals surface area contributed by atoms with Crippen LogP contribution in [0, 0.1) is 5.92 Å². The van der Waals surface area contributed by atoms with Crippen molar-refractivity contribution >= 4 is 11.9 Å². The monoisotopic (exact) mass is 419 g/mol. The molecule has 7 nitrogen and oxygen atoms in total. The molecule has 2 aromatic carbocycles. The molecular weight excluding hydrogens is 394 g/mol. The van der Waals surface area contributed by atoms with Gasteiger partial charge in [0.05, 0.1) is 31.5 Å². The zero-order chi connectivity index (χ0) is 21.8. The first-order valence-electron chi connectivity index (χ1n) is 10.3. The van der Waals surface area contributed by atoms with E-state index in [1.54, 1.807) is 12.0 Å². The number of H-pyrrole nitrogens is 1. The van der Waals surface area contributed by atoms with E-state index in [1.807, 2.05) is 54.6 Å². The summed E-state index contributed by atoms with van der Waals surface area (Å²) in [7, 11) is 3.04. The number of esters is 1. The van der Waals surface area contributed by atoms with E-state index in [9.17, 15) is 9.59 Å². The standard InChI is InChI=1S/C24H25N3O4/c1-30-20-5-3-4-19(14-20)22-15-21(25-26-22)16-6-8-17(9-7-16)23(28)27-12-10-18(11-13-27)24(29)31-2/h3-9,14-15,18H,10-13H2,1-2H3,(H,25,26). The smallest absolute Gasteiger partial charge is 0.308 e. The fourth-order valence-corrected chi connectivity index (χ4v) is 3.86. The molecule has 1 amide bonds. The molecular formula is C24H25N3O4. The van der Waals surface area contributed by atoms with Crippen LogP contribution in [-0.4, -0.2) is 54.3 Å². The van der Waals surface area contributed by atoms with Crippen molar-refractivity contribution in [3.05, 3.63) is 60.2 Å². The summed E-state index contributed by atoms with van der Waals surface area (Å²) in [6.45, 7) is 1.12. The fourth-order valence-electron chi connectivity index (χ4n) is 3.86. The molecule has 1 fully saturated rings. The third-order valence-corrected chi connectivity index (χ3v) is 5.70. The Balaban J connectivity index is 1.43. The third-order valence-electron chi connectivity index (χ3n) is 5.70. The van der Waals surface area contributed by atoms with E-state index < -0.39 is 0 Å². The third kappa shape index (κ3) is 4.45. The van der Waals surface area contributed by atoms with Gasteiger partial charge in [0.1, 0.15) is 5.75 Å². The first-order valence-corrected chi connectivity index (χ1v) is 10.3. The topological polar surface area (TPSA) is 84.5 Å². The summed E-state index contributed by atoms with van der Waals surface area (Å²) in [6, 6.07) is 17.2. The zero-order valence-electron chi connectivity index (χ0n) is 17.6. The summed E-state index contributed by atoms with van der Waals surface area (Å²) in [5, 5.41) is 7.47. The van der Waals surface area contributed by atoms with E-state index in [2.05, 4.69) is 10.2 Å². The highest BCUT2D eigenvalue weighted by Crippen LogP contribution is 2.27. The van der Waals surface area contributed by atoms with Gasteiger partial charge in [-0.05, 0) is 48.7 Å². The van der Waals surface area contributed by atoms with Crippen LogP contribution in [0.15, 0.2) is 54.6 Å². The summed E-state index contributed by atoms with van der Waals surface area (Å²) in [4.78, 5) is 26.3. The number of piperidine rings is 1. The summed E-state index contributed by atoms with van der Waals surface area (Å²) in [5.41, 5.74) is 4.23. The summed E-state index contributed by atoms with van der Waals surface area (Å²) >= 11 is 0. The van der Waals surface area contributed by atoms with Gasteiger partial charge in [-0.1, -0.05) is 24.3 Å². The second-order valence-corrected chi connectivity index (χ2v) is 7.57. The van der Waals surface area contributed by atoms with E-state index >= 15 is 0 Å². The summed E-state index contributed by atoms with van der Waals surface area (Å²) in [6.07, 6.45) is 1.27. The minimum absolute atomic E-state index is 0.0171. The predicted molar refractivity (Wildman–Crippen MR) is 117 cm³/mol. The molecule has 31 heavy (non-hydrogen) atoms. The number of hydrogen-bond acceptors (Lipinski definition) is 5. The lowest BCUT2D eigenvalue weighted by atomic mass is 9.96. The Bertz CT molecular complexity index is 1070. The molecule has 1 aliphatic heterocycles. The van der Waals surface area contributed by atoms with Gasteiger partial charge < -0.3 is 14.4 Å². The Morgan fingerprint density at radius 1 is 1.00 bits per heavy atom. The van der Waals surface area contributed by atoms with Gasteiger partial charge in [-0.15, -0.1) is 0 Å². The van der Waals surface area contributed by atoms with Gasteiger partial charge in [-0.25, -0.2) is 0 Å². The van der Waals surface area contributed by atoms with Crippen LogP contribution < -0.4 is 4.74 Å². The molecule has 0 aliphatic carbocycles. The fraction of sp³-hybridized carbons (Fsp3) is 0.292. The maximum atomic E-state index is 12.8. The van der Waals surface area contributed by atoms with Crippen molar-refractivity contribution in [3.63, 3.8) is 0 Å². The lowest BCUT2D eigenvalue weighted by Gasteiger charge is -2.30. The van der Waals surface area contributed by atoms with Gasteiger partial charge in [-0.3, -0.25) is 14.7 Å². The Morgan fingerprint density at radius 3 is 2.42 bits per heavy atom. The van der Waals surface area contributed by atoms with Crippen molar-refractivity contribution in [2.75, 3.05) is 27.3 Å². The largest absolute Gasteiger partial charge is 0.497 e. The molecule has 7 heteroatoms. The van der Waals surface area contributed by atoms with E-state index in [4.69, 9.17) is 9.47 Å². The predicted octanol–water partition coefficient (Wildman–Crippen LogP) is 3.78. The normalized spacial score (nSPS) is 14.3. The van der Waals surface area contributed by atoms with Gasteiger partial charge in [0.15, 0.2) is 0 Å². The number of carbonyl (C=O) groups is 2. The number of carbonyl (C=O) groups excluding carboxylic acids is 2. The van der Waals surface area contributed by atoms with Crippen LogP contribution >= 0.6 is 0 Å². The van der Waals surface area contributed by atoms with Crippen LogP contribution in [0.1, 0.15) is 23.2 Å². The first-order chi connectivity index (χ1) is 15.1. The van der Waals surface area contributed by atoms with E-state index in [-0.39, 0.29) is 17.8 Å². The number of hydrogen-bond donors (Lipinski definition) is 1. The van der Waals surface area contributed by atoms with Crippen molar-refractivity contribution in [1.82, 2.24) is 15.1 Å². The van der Waals surface area contributed by atoms with Crippen LogP contribution in [0.25, 0.3) is 22.5 Å². The molecule has 0 atom stereocenters. The number of benzene rings is 2. The highest BCUT2D eigenvalue weighted by Gasteiger charge is 2.28. The van der Waals surface area contributed by atoms with Gasteiger partial charge in [-0.2, -0.15) is 5.10 Å².